The van der Waals surface area contributed by atoms with Crippen LogP contribution in [0.15, 0.2) is 65.3 Å². The summed E-state index contributed by atoms with van der Waals surface area (Å²) < 4.78 is 19.5. The number of piperidine rings is 1. The van der Waals surface area contributed by atoms with Crippen LogP contribution in [-0.2, 0) is 13.0 Å². The molecule has 1 aliphatic heterocycles. The molecule has 1 amide bonds. The Bertz CT molecular complexity index is 1260. The highest BCUT2D eigenvalue weighted by atomic mass is 32.1. The summed E-state index contributed by atoms with van der Waals surface area (Å²) in [6.07, 6.45) is 4.39. The van der Waals surface area contributed by atoms with Gasteiger partial charge in [-0.2, -0.15) is 8.75 Å². The maximum atomic E-state index is 13.2. The lowest BCUT2D eigenvalue weighted by atomic mass is 9.84. The quantitative estimate of drug-likeness (QED) is 0.350. The van der Waals surface area contributed by atoms with Crippen LogP contribution in [0.25, 0.3) is 11.0 Å². The van der Waals surface area contributed by atoms with Gasteiger partial charge in [-0.1, -0.05) is 18.2 Å². The van der Waals surface area contributed by atoms with Crippen molar-refractivity contribution >= 4 is 28.7 Å². The number of carbonyl (C=O) groups excluding carboxylic acids is 1. The number of likely N-dealkylation sites (tertiary alicyclic amines) is 1. The van der Waals surface area contributed by atoms with E-state index in [-0.39, 0.29) is 11.9 Å². The van der Waals surface area contributed by atoms with E-state index in [1.165, 1.54) is 22.9 Å². The van der Waals surface area contributed by atoms with E-state index in [0.717, 1.165) is 55.7 Å². The van der Waals surface area contributed by atoms with Gasteiger partial charge in [0.05, 0.1) is 25.1 Å². The Hall–Kier alpha value is -3.23. The van der Waals surface area contributed by atoms with Crippen LogP contribution in [0.5, 0.6) is 5.75 Å². The van der Waals surface area contributed by atoms with E-state index in [0.29, 0.717) is 11.7 Å². The number of nitrogens with zero attached hydrogens (tertiary/aromatic N) is 4. The lowest BCUT2D eigenvalue weighted by Crippen LogP contribution is -2.47. The van der Waals surface area contributed by atoms with Crippen LogP contribution in [0.3, 0.4) is 0 Å². The summed E-state index contributed by atoms with van der Waals surface area (Å²) in [6.45, 7) is 2.90. The van der Waals surface area contributed by atoms with Crippen molar-refractivity contribution < 1.29 is 13.9 Å². The van der Waals surface area contributed by atoms with Crippen molar-refractivity contribution in [2.75, 3.05) is 27.2 Å². The molecule has 1 atom stereocenters. The van der Waals surface area contributed by atoms with Crippen molar-refractivity contribution in [3.63, 3.8) is 0 Å². The van der Waals surface area contributed by atoms with Gasteiger partial charge in [-0.15, -0.1) is 0 Å². The van der Waals surface area contributed by atoms with Gasteiger partial charge in [-0.25, -0.2) is 0 Å². The number of hydrogen-bond acceptors (Lipinski definition) is 7. The molecule has 5 rings (SSSR count). The monoisotopic (exact) mass is 490 g/mol. The van der Waals surface area contributed by atoms with E-state index in [1.807, 2.05) is 24.1 Å². The molecule has 35 heavy (non-hydrogen) atoms. The van der Waals surface area contributed by atoms with E-state index >= 15 is 0 Å². The fourth-order valence-electron chi connectivity index (χ4n) is 5.07. The van der Waals surface area contributed by atoms with Crippen LogP contribution in [0.2, 0.25) is 0 Å². The van der Waals surface area contributed by atoms with E-state index in [9.17, 15) is 4.79 Å². The third kappa shape index (κ3) is 5.39. The minimum Gasteiger partial charge on any atom is -0.497 e. The second-order valence-electron chi connectivity index (χ2n) is 9.22. The first-order valence-electron chi connectivity index (χ1n) is 12.0. The van der Waals surface area contributed by atoms with Gasteiger partial charge < -0.3 is 14.1 Å². The second kappa shape index (κ2) is 10.6. The Labute approximate surface area is 209 Å². The number of rotatable bonds is 8. The molecule has 4 aromatic rings. The van der Waals surface area contributed by atoms with Crippen molar-refractivity contribution in [3.05, 3.63) is 77.7 Å². The molecule has 1 saturated heterocycles. The third-order valence-corrected chi connectivity index (χ3v) is 7.59. The van der Waals surface area contributed by atoms with Crippen molar-refractivity contribution in [2.45, 2.75) is 31.8 Å². The molecular formula is C27H30N4O3S. The summed E-state index contributed by atoms with van der Waals surface area (Å²) in [4.78, 5) is 17.6. The number of carbonyl (C=O) groups is 1. The van der Waals surface area contributed by atoms with Crippen LogP contribution >= 0.6 is 11.7 Å². The summed E-state index contributed by atoms with van der Waals surface area (Å²) in [5.74, 6) is 1.54. The number of hydrogen-bond donors (Lipinski definition) is 0. The summed E-state index contributed by atoms with van der Waals surface area (Å²) in [6, 6.07) is 18.1. The van der Waals surface area contributed by atoms with Crippen LogP contribution in [0.1, 0.15) is 34.5 Å². The van der Waals surface area contributed by atoms with Crippen molar-refractivity contribution in [2.24, 2.45) is 5.92 Å². The molecule has 1 unspecified atom stereocenters. The molecule has 1 aliphatic rings. The first-order valence-corrected chi connectivity index (χ1v) is 12.7. The van der Waals surface area contributed by atoms with Gasteiger partial charge >= 0.3 is 0 Å². The molecule has 1 fully saturated rings. The number of amides is 1. The number of likely N-dealkylation sites (N-methyl/N-ethyl adjacent to an activating group) is 1. The zero-order chi connectivity index (χ0) is 24.2. The molecule has 0 N–H and O–H groups in total. The van der Waals surface area contributed by atoms with Gasteiger partial charge in [0.1, 0.15) is 16.8 Å². The molecule has 0 radical (unpaired) electrons. The van der Waals surface area contributed by atoms with Crippen LogP contribution in [-0.4, -0.2) is 57.7 Å². The molecule has 2 aromatic carbocycles. The highest BCUT2D eigenvalue weighted by Crippen LogP contribution is 2.29. The smallest absolute Gasteiger partial charge is 0.289 e. The molecule has 8 heteroatoms. The zero-order valence-electron chi connectivity index (χ0n) is 20.1. The van der Waals surface area contributed by atoms with Crippen molar-refractivity contribution in [3.8, 4) is 5.75 Å². The van der Waals surface area contributed by atoms with E-state index < -0.39 is 0 Å². The third-order valence-electron chi connectivity index (χ3n) is 7.03. The normalized spacial score (nSPS) is 15.8. The van der Waals surface area contributed by atoms with Gasteiger partial charge in [0.25, 0.3) is 5.91 Å². The average molecular weight is 491 g/mol. The van der Waals surface area contributed by atoms with E-state index in [4.69, 9.17) is 9.15 Å². The Kier molecular flexibility index (Phi) is 7.11. The number of furan rings is 1. The van der Waals surface area contributed by atoms with Gasteiger partial charge in [-0.3, -0.25) is 9.69 Å². The predicted octanol–water partition coefficient (Wildman–Crippen LogP) is 4.89. The first kappa shape index (κ1) is 23.5. The summed E-state index contributed by atoms with van der Waals surface area (Å²) in [5.41, 5.74) is 4.36. The highest BCUT2D eigenvalue weighted by Gasteiger charge is 2.32. The molecule has 0 spiro atoms. The molecule has 0 aliphatic carbocycles. The molecule has 2 aromatic heterocycles. The average Bonchev–Trinajstić information content (AvgIpc) is 3.59. The minimum absolute atomic E-state index is 0.0688. The van der Waals surface area contributed by atoms with Crippen molar-refractivity contribution in [1.29, 1.82) is 0 Å². The van der Waals surface area contributed by atoms with Crippen LogP contribution < -0.4 is 4.74 Å². The van der Waals surface area contributed by atoms with Crippen LogP contribution in [0, 0.1) is 5.92 Å². The van der Waals surface area contributed by atoms with Gasteiger partial charge in [0, 0.05) is 19.6 Å². The number of fused-ring (bicyclic) bond motifs is 1. The van der Waals surface area contributed by atoms with E-state index in [2.05, 4.69) is 44.0 Å². The number of benzene rings is 2. The Morgan fingerprint density at radius 2 is 1.94 bits per heavy atom. The molecule has 0 bridgehead atoms. The van der Waals surface area contributed by atoms with Crippen LogP contribution in [0.4, 0.5) is 0 Å². The fourth-order valence-corrected chi connectivity index (χ4v) is 5.58. The number of aromatic nitrogens is 2. The minimum atomic E-state index is -0.0736. The molecule has 182 valence electrons. The Balaban J connectivity index is 1.29. The molecule has 0 saturated carbocycles. The lowest BCUT2D eigenvalue weighted by Gasteiger charge is -2.40. The predicted molar refractivity (Wildman–Crippen MR) is 137 cm³/mol. The highest BCUT2D eigenvalue weighted by molar-refractivity contribution is 7.00. The van der Waals surface area contributed by atoms with E-state index in [1.54, 1.807) is 25.5 Å². The number of ether oxygens (including phenoxy) is 1. The summed E-state index contributed by atoms with van der Waals surface area (Å²) >= 11 is 1.26. The first-order chi connectivity index (χ1) is 17.1. The molecule has 7 nitrogen and oxygen atoms in total. The van der Waals surface area contributed by atoms with Gasteiger partial charge in [0.15, 0.2) is 5.76 Å². The van der Waals surface area contributed by atoms with Gasteiger partial charge in [-0.05, 0) is 85.8 Å². The summed E-state index contributed by atoms with van der Waals surface area (Å²) in [5, 5.41) is 0. The standard InChI is InChI=1S/C27H30N4O3S/c1-30(27(32)26-7-4-14-34-26)25(17-19-5-3-6-22(15-19)33-2)21-10-12-31(13-11-21)18-20-8-9-23-24(16-20)29-35-28-23/h3-9,14-16,21,25H,10-13,17-18H2,1-2H3. The number of methoxy groups -OCH3 is 1. The maximum absolute atomic E-state index is 13.2. The fraction of sp³-hybridized carbons (Fsp3) is 0.370. The largest absolute Gasteiger partial charge is 0.497 e. The lowest BCUT2D eigenvalue weighted by molar-refractivity contribution is 0.0556. The SMILES string of the molecule is COc1cccc(CC(C2CCN(Cc3ccc4nsnc4c3)CC2)N(C)C(=O)c2ccco2)c1. The topological polar surface area (TPSA) is 71.7 Å². The second-order valence-corrected chi connectivity index (χ2v) is 9.75. The van der Waals surface area contributed by atoms with Gasteiger partial charge in [0.2, 0.25) is 0 Å². The maximum Gasteiger partial charge on any atom is 0.289 e. The van der Waals surface area contributed by atoms with Crippen molar-refractivity contribution in [1.82, 2.24) is 18.5 Å². The Morgan fingerprint density at radius 3 is 2.71 bits per heavy atom. The Morgan fingerprint density at radius 1 is 1.11 bits per heavy atom. The zero-order valence-corrected chi connectivity index (χ0v) is 20.9. The molecular weight excluding hydrogens is 460 g/mol. The molecule has 3 heterocycles. The summed E-state index contributed by atoms with van der Waals surface area (Å²) in [7, 11) is 3.58.